The van der Waals surface area contributed by atoms with Gasteiger partial charge in [-0.25, -0.2) is 14.8 Å². The molecular formula is C33H25N3O3S. The maximum absolute atomic E-state index is 13.9. The third kappa shape index (κ3) is 5.07. The Kier molecular flexibility index (Phi) is 6.80. The number of hydrogen-bond acceptors (Lipinski definition) is 5. The molecule has 1 atom stereocenters. The van der Waals surface area contributed by atoms with Crippen LogP contribution >= 0.6 is 11.3 Å². The Morgan fingerprint density at radius 1 is 0.925 bits per heavy atom. The molecule has 6 nitrogen and oxygen atoms in total. The number of hydrogen-bond donors (Lipinski definition) is 2. The Hall–Kier alpha value is -4.88. The van der Waals surface area contributed by atoms with Gasteiger partial charge in [0.25, 0.3) is 5.91 Å². The standard InChI is InChI=1S/C33H25N3O3S/c1-20(21-9-11-24(12-10-21)33(38)39)35-32(37)28-17-25(22-6-3-2-4-7-22)18-29-30(28)26(19-40-29)16-27-14-13-23-8-5-15-34-31(23)36-27/h2-15,17-20H,16H2,1H3,(H,35,37)(H,38,39)/t20-/m0/s1. The van der Waals surface area contributed by atoms with Gasteiger partial charge in [-0.3, -0.25) is 4.79 Å². The first-order chi connectivity index (χ1) is 19.5. The van der Waals surface area contributed by atoms with Gasteiger partial charge in [-0.1, -0.05) is 42.5 Å². The number of thiophene rings is 1. The average molecular weight is 544 g/mol. The number of carbonyl (C=O) groups excluding carboxylic acids is 1. The predicted molar refractivity (Wildman–Crippen MR) is 159 cm³/mol. The Morgan fingerprint density at radius 3 is 2.50 bits per heavy atom. The van der Waals surface area contributed by atoms with E-state index in [9.17, 15) is 14.7 Å². The van der Waals surface area contributed by atoms with E-state index in [2.05, 4.69) is 21.7 Å². The second-order valence-electron chi connectivity index (χ2n) is 9.68. The van der Waals surface area contributed by atoms with E-state index < -0.39 is 5.97 Å². The topological polar surface area (TPSA) is 92.2 Å². The van der Waals surface area contributed by atoms with Crippen LogP contribution in [0.4, 0.5) is 0 Å². The van der Waals surface area contributed by atoms with E-state index in [0.29, 0.717) is 17.6 Å². The lowest BCUT2D eigenvalue weighted by atomic mass is 9.96. The first-order valence-electron chi connectivity index (χ1n) is 12.9. The molecule has 0 saturated heterocycles. The van der Waals surface area contributed by atoms with Crippen LogP contribution in [0.25, 0.3) is 32.2 Å². The molecular weight excluding hydrogens is 518 g/mol. The molecule has 0 aliphatic carbocycles. The highest BCUT2D eigenvalue weighted by Crippen LogP contribution is 2.35. The van der Waals surface area contributed by atoms with Crippen molar-refractivity contribution in [2.75, 3.05) is 0 Å². The van der Waals surface area contributed by atoms with Gasteiger partial charge >= 0.3 is 5.97 Å². The van der Waals surface area contributed by atoms with Crippen LogP contribution < -0.4 is 5.32 Å². The maximum atomic E-state index is 13.9. The summed E-state index contributed by atoms with van der Waals surface area (Å²) in [6.07, 6.45) is 2.31. The van der Waals surface area contributed by atoms with Crippen molar-refractivity contribution in [1.29, 1.82) is 0 Å². The minimum absolute atomic E-state index is 0.189. The minimum Gasteiger partial charge on any atom is -0.478 e. The summed E-state index contributed by atoms with van der Waals surface area (Å²) in [7, 11) is 0. The molecule has 0 aliphatic rings. The fourth-order valence-electron chi connectivity index (χ4n) is 4.90. The molecule has 0 bridgehead atoms. The summed E-state index contributed by atoms with van der Waals surface area (Å²) < 4.78 is 1.03. The zero-order valence-corrected chi connectivity index (χ0v) is 22.5. The normalized spacial score (nSPS) is 11.9. The van der Waals surface area contributed by atoms with E-state index in [-0.39, 0.29) is 17.5 Å². The van der Waals surface area contributed by atoms with Crippen LogP contribution in [-0.2, 0) is 6.42 Å². The Labute approximate surface area is 235 Å². The van der Waals surface area contributed by atoms with Crippen LogP contribution in [0.1, 0.15) is 50.5 Å². The number of nitrogens with zero attached hydrogens (tertiary/aromatic N) is 2. The van der Waals surface area contributed by atoms with Crippen LogP contribution in [-0.4, -0.2) is 27.0 Å². The highest BCUT2D eigenvalue weighted by molar-refractivity contribution is 7.17. The van der Waals surface area contributed by atoms with E-state index in [4.69, 9.17) is 4.98 Å². The van der Waals surface area contributed by atoms with E-state index in [1.807, 2.05) is 67.6 Å². The summed E-state index contributed by atoms with van der Waals surface area (Å²) in [6.45, 7) is 1.90. The van der Waals surface area contributed by atoms with Crippen LogP contribution in [0.15, 0.2) is 103 Å². The van der Waals surface area contributed by atoms with E-state index in [1.54, 1.807) is 41.8 Å². The summed E-state index contributed by atoms with van der Waals surface area (Å²) in [5.41, 5.74) is 6.26. The number of carbonyl (C=O) groups is 2. The maximum Gasteiger partial charge on any atom is 0.335 e. The van der Waals surface area contributed by atoms with E-state index >= 15 is 0 Å². The van der Waals surface area contributed by atoms with Crippen molar-refractivity contribution in [3.63, 3.8) is 0 Å². The van der Waals surface area contributed by atoms with Gasteiger partial charge in [-0.05, 0) is 83.1 Å². The summed E-state index contributed by atoms with van der Waals surface area (Å²) in [4.78, 5) is 34.2. The highest BCUT2D eigenvalue weighted by atomic mass is 32.1. The molecule has 0 saturated carbocycles. The summed E-state index contributed by atoms with van der Waals surface area (Å²) >= 11 is 1.62. The molecule has 3 heterocycles. The summed E-state index contributed by atoms with van der Waals surface area (Å²) in [5, 5.41) is 16.4. The van der Waals surface area contributed by atoms with Crippen molar-refractivity contribution in [2.24, 2.45) is 0 Å². The Morgan fingerprint density at radius 2 is 1.73 bits per heavy atom. The Balaban J connectivity index is 1.39. The molecule has 196 valence electrons. The predicted octanol–water partition coefficient (Wildman–Crippen LogP) is 7.29. The largest absolute Gasteiger partial charge is 0.478 e. The van der Waals surface area contributed by atoms with Crippen LogP contribution in [0.3, 0.4) is 0 Å². The number of pyridine rings is 2. The number of aromatic carboxylic acids is 1. The second kappa shape index (κ2) is 10.7. The van der Waals surface area contributed by atoms with Gasteiger partial charge in [0.15, 0.2) is 5.65 Å². The zero-order chi connectivity index (χ0) is 27.6. The molecule has 2 N–H and O–H groups in total. The molecule has 6 aromatic rings. The van der Waals surface area contributed by atoms with Gasteiger partial charge in [-0.15, -0.1) is 11.3 Å². The van der Waals surface area contributed by atoms with Crippen LogP contribution in [0.2, 0.25) is 0 Å². The third-order valence-corrected chi connectivity index (χ3v) is 7.98. The van der Waals surface area contributed by atoms with Crippen molar-refractivity contribution >= 4 is 44.3 Å². The molecule has 7 heteroatoms. The van der Waals surface area contributed by atoms with Crippen LogP contribution in [0, 0.1) is 0 Å². The summed E-state index contributed by atoms with van der Waals surface area (Å²) in [5.74, 6) is -1.17. The lowest BCUT2D eigenvalue weighted by molar-refractivity contribution is 0.0696. The molecule has 0 aliphatic heterocycles. The summed E-state index contributed by atoms with van der Waals surface area (Å²) in [6, 6.07) is 28.3. The molecule has 3 aromatic carbocycles. The Bertz CT molecular complexity index is 1860. The van der Waals surface area contributed by atoms with E-state index in [0.717, 1.165) is 43.4 Å². The average Bonchev–Trinajstić information content (AvgIpc) is 3.39. The number of benzene rings is 3. The fraction of sp³-hybridized carbons (Fsp3) is 0.0909. The van der Waals surface area contributed by atoms with Gasteiger partial charge in [0.05, 0.1) is 11.6 Å². The van der Waals surface area contributed by atoms with Crippen molar-refractivity contribution in [2.45, 2.75) is 19.4 Å². The lowest BCUT2D eigenvalue weighted by Gasteiger charge is -2.16. The second-order valence-corrected chi connectivity index (χ2v) is 10.6. The molecule has 6 rings (SSSR count). The van der Waals surface area contributed by atoms with Gasteiger partial charge in [-0.2, -0.15) is 0 Å². The van der Waals surface area contributed by atoms with Crippen molar-refractivity contribution in [1.82, 2.24) is 15.3 Å². The lowest BCUT2D eigenvalue weighted by Crippen LogP contribution is -2.27. The first-order valence-corrected chi connectivity index (χ1v) is 13.8. The van der Waals surface area contributed by atoms with Gasteiger partial charge < -0.3 is 10.4 Å². The number of rotatable bonds is 7. The van der Waals surface area contributed by atoms with Crippen molar-refractivity contribution in [3.8, 4) is 11.1 Å². The molecule has 0 fully saturated rings. The third-order valence-electron chi connectivity index (χ3n) is 7.00. The zero-order valence-electron chi connectivity index (χ0n) is 21.7. The number of aromatic nitrogens is 2. The number of nitrogens with one attached hydrogen (secondary N) is 1. The SMILES string of the molecule is C[C@H](NC(=O)c1cc(-c2ccccc2)cc2scc(Cc3ccc4cccnc4n3)c12)c1ccc(C(=O)O)cc1. The quantitative estimate of drug-likeness (QED) is 0.221. The van der Waals surface area contributed by atoms with Gasteiger partial charge in [0, 0.05) is 39.3 Å². The molecule has 0 spiro atoms. The number of amides is 1. The molecule has 0 radical (unpaired) electrons. The molecule has 0 unspecified atom stereocenters. The fourth-order valence-corrected chi connectivity index (χ4v) is 5.92. The number of carboxylic acid groups (broad SMARTS) is 1. The first kappa shape index (κ1) is 25.4. The number of fused-ring (bicyclic) bond motifs is 2. The van der Waals surface area contributed by atoms with Crippen molar-refractivity contribution in [3.05, 3.63) is 131 Å². The smallest absolute Gasteiger partial charge is 0.335 e. The molecule has 1 amide bonds. The van der Waals surface area contributed by atoms with Gasteiger partial charge in [0.1, 0.15) is 0 Å². The van der Waals surface area contributed by atoms with Crippen molar-refractivity contribution < 1.29 is 14.7 Å². The molecule has 40 heavy (non-hydrogen) atoms. The van der Waals surface area contributed by atoms with Gasteiger partial charge in [0.2, 0.25) is 0 Å². The molecule has 3 aromatic heterocycles. The van der Waals surface area contributed by atoms with E-state index in [1.165, 1.54) is 0 Å². The highest BCUT2D eigenvalue weighted by Gasteiger charge is 2.20. The van der Waals surface area contributed by atoms with Crippen LogP contribution in [0.5, 0.6) is 0 Å². The monoisotopic (exact) mass is 543 g/mol. The number of carboxylic acids is 1. The minimum atomic E-state index is -0.981.